The molecule has 6 heteroatoms. The summed E-state index contributed by atoms with van der Waals surface area (Å²) in [6, 6.07) is 11.2. The van der Waals surface area contributed by atoms with Crippen LogP contribution in [0, 0.1) is 0 Å². The monoisotopic (exact) mass is 412 g/mol. The van der Waals surface area contributed by atoms with Gasteiger partial charge in [-0.15, -0.1) is 0 Å². The van der Waals surface area contributed by atoms with E-state index < -0.39 is 0 Å². The van der Waals surface area contributed by atoms with Crippen LogP contribution in [0.5, 0.6) is 17.2 Å². The summed E-state index contributed by atoms with van der Waals surface area (Å²) in [4.78, 5) is 14.2. The van der Waals surface area contributed by atoms with E-state index in [1.807, 2.05) is 43.3 Å². The van der Waals surface area contributed by atoms with E-state index in [2.05, 4.69) is 0 Å². The Hall–Kier alpha value is -2.83. The van der Waals surface area contributed by atoms with Crippen LogP contribution in [0.15, 0.2) is 42.5 Å². The molecule has 1 N–H and O–H groups in total. The van der Waals surface area contributed by atoms with Crippen LogP contribution in [0.3, 0.4) is 0 Å². The van der Waals surface area contributed by atoms with Crippen molar-refractivity contribution < 1.29 is 28.6 Å². The molecule has 0 aliphatic carbocycles. The molecule has 0 unspecified atom stereocenters. The van der Waals surface area contributed by atoms with Gasteiger partial charge < -0.3 is 23.8 Å². The second-order valence-electron chi connectivity index (χ2n) is 7.11. The number of morpholine rings is 1. The molecule has 30 heavy (non-hydrogen) atoms. The van der Waals surface area contributed by atoms with Crippen LogP contribution >= 0.6 is 0 Å². The van der Waals surface area contributed by atoms with Gasteiger partial charge in [-0.25, -0.2) is 0 Å². The molecule has 0 atom stereocenters. The fourth-order valence-electron chi connectivity index (χ4n) is 3.51. The van der Waals surface area contributed by atoms with Crippen LogP contribution in [0.1, 0.15) is 28.4 Å². The molecule has 0 spiro atoms. The Morgan fingerprint density at radius 1 is 1.03 bits per heavy atom. The highest BCUT2D eigenvalue weighted by molar-refractivity contribution is 6.07. The number of quaternary nitrogens is 1. The van der Waals surface area contributed by atoms with Crippen molar-refractivity contribution in [2.45, 2.75) is 13.5 Å². The molecule has 1 aliphatic heterocycles. The minimum atomic E-state index is -0.0512. The summed E-state index contributed by atoms with van der Waals surface area (Å²) in [6.07, 6.45) is 3.38. The molecule has 0 aromatic heterocycles. The van der Waals surface area contributed by atoms with E-state index in [9.17, 15) is 4.79 Å². The van der Waals surface area contributed by atoms with Crippen molar-refractivity contribution in [3.8, 4) is 17.2 Å². The summed E-state index contributed by atoms with van der Waals surface area (Å²) in [5.41, 5.74) is 2.56. The van der Waals surface area contributed by atoms with Crippen LogP contribution < -0.4 is 19.1 Å². The maximum Gasteiger partial charge on any atom is 0.185 e. The van der Waals surface area contributed by atoms with Crippen molar-refractivity contribution >= 4 is 11.9 Å². The first-order valence-corrected chi connectivity index (χ1v) is 10.3. The fourth-order valence-corrected chi connectivity index (χ4v) is 3.51. The van der Waals surface area contributed by atoms with Gasteiger partial charge in [0, 0.05) is 11.1 Å². The molecule has 1 aliphatic rings. The second-order valence-corrected chi connectivity index (χ2v) is 7.11. The SMILES string of the molecule is CCOc1cc(/C=C/C(=O)c2ccc(OC)c(C[NH+]3CCOCC3)c2)ccc1OC. The van der Waals surface area contributed by atoms with Crippen molar-refractivity contribution in [2.24, 2.45) is 0 Å². The molecule has 2 aromatic rings. The molecule has 160 valence electrons. The second kappa shape index (κ2) is 10.8. The highest BCUT2D eigenvalue weighted by Gasteiger charge is 2.18. The summed E-state index contributed by atoms with van der Waals surface area (Å²) < 4.78 is 21.9. The molecular formula is C24H30NO5+. The van der Waals surface area contributed by atoms with E-state index in [0.717, 1.165) is 49.7 Å². The van der Waals surface area contributed by atoms with Gasteiger partial charge in [-0.1, -0.05) is 12.1 Å². The Morgan fingerprint density at radius 2 is 1.77 bits per heavy atom. The quantitative estimate of drug-likeness (QED) is 0.506. The van der Waals surface area contributed by atoms with Gasteiger partial charge in [0.15, 0.2) is 17.3 Å². The summed E-state index contributed by atoms with van der Waals surface area (Å²) in [6.45, 7) is 6.73. The van der Waals surface area contributed by atoms with Gasteiger partial charge in [0.2, 0.25) is 0 Å². The largest absolute Gasteiger partial charge is 0.496 e. The number of ketones is 1. The van der Waals surface area contributed by atoms with Gasteiger partial charge in [-0.3, -0.25) is 4.79 Å². The van der Waals surface area contributed by atoms with E-state index in [4.69, 9.17) is 18.9 Å². The van der Waals surface area contributed by atoms with Gasteiger partial charge >= 0.3 is 0 Å². The molecule has 1 saturated heterocycles. The molecule has 0 bridgehead atoms. The highest BCUT2D eigenvalue weighted by Crippen LogP contribution is 2.28. The Balaban J connectivity index is 1.76. The first kappa shape index (κ1) is 21.9. The number of allylic oxidation sites excluding steroid dienone is 1. The summed E-state index contributed by atoms with van der Waals surface area (Å²) in [7, 11) is 3.27. The number of carbonyl (C=O) groups excluding carboxylic acids is 1. The molecular weight excluding hydrogens is 382 g/mol. The molecule has 0 radical (unpaired) electrons. The van der Waals surface area contributed by atoms with E-state index in [-0.39, 0.29) is 5.78 Å². The Labute approximate surface area is 178 Å². The molecule has 1 heterocycles. The van der Waals surface area contributed by atoms with E-state index in [1.54, 1.807) is 26.4 Å². The number of hydrogen-bond acceptors (Lipinski definition) is 5. The topological polar surface area (TPSA) is 58.4 Å². The standard InChI is InChI=1S/C24H29NO5/c1-4-30-24-15-18(6-9-23(24)28-3)5-8-21(26)19-7-10-22(27-2)20(16-19)17-25-11-13-29-14-12-25/h5-10,15-16H,4,11-14,17H2,1-3H3/p+1/b8-5+. The van der Waals surface area contributed by atoms with Gasteiger partial charge in [-0.2, -0.15) is 0 Å². The maximum atomic E-state index is 12.8. The number of carbonyl (C=O) groups is 1. The average molecular weight is 413 g/mol. The summed E-state index contributed by atoms with van der Waals surface area (Å²) in [5.74, 6) is 2.09. The first-order valence-electron chi connectivity index (χ1n) is 10.3. The van der Waals surface area contributed by atoms with Crippen molar-refractivity contribution in [3.05, 3.63) is 59.2 Å². The van der Waals surface area contributed by atoms with Crippen LogP contribution in [0.25, 0.3) is 6.08 Å². The molecule has 0 amide bonds. The van der Waals surface area contributed by atoms with Crippen LogP contribution in [-0.2, 0) is 11.3 Å². The number of rotatable bonds is 9. The minimum Gasteiger partial charge on any atom is -0.496 e. The zero-order valence-electron chi connectivity index (χ0n) is 17.9. The van der Waals surface area contributed by atoms with Crippen molar-refractivity contribution in [1.29, 1.82) is 0 Å². The van der Waals surface area contributed by atoms with Crippen LogP contribution in [0.2, 0.25) is 0 Å². The van der Waals surface area contributed by atoms with Crippen molar-refractivity contribution in [2.75, 3.05) is 47.1 Å². The minimum absolute atomic E-state index is 0.0512. The summed E-state index contributed by atoms with van der Waals surface area (Å²) >= 11 is 0. The Kier molecular flexibility index (Phi) is 7.88. The molecule has 6 nitrogen and oxygen atoms in total. The molecule has 2 aromatic carbocycles. The lowest BCUT2D eigenvalue weighted by Gasteiger charge is -2.24. The number of benzene rings is 2. The Bertz CT molecular complexity index is 887. The lowest BCUT2D eigenvalue weighted by molar-refractivity contribution is -0.921. The van der Waals surface area contributed by atoms with Crippen molar-refractivity contribution in [1.82, 2.24) is 0 Å². The number of ether oxygens (including phenoxy) is 4. The zero-order chi connectivity index (χ0) is 21.3. The number of methoxy groups -OCH3 is 2. The Morgan fingerprint density at radius 3 is 2.47 bits per heavy atom. The molecule has 1 fully saturated rings. The van der Waals surface area contributed by atoms with E-state index >= 15 is 0 Å². The first-order chi connectivity index (χ1) is 14.6. The third kappa shape index (κ3) is 5.62. The van der Waals surface area contributed by atoms with Crippen molar-refractivity contribution in [3.63, 3.8) is 0 Å². The van der Waals surface area contributed by atoms with Crippen LogP contribution in [-0.4, -0.2) is 52.9 Å². The number of nitrogens with one attached hydrogen (secondary N) is 1. The van der Waals surface area contributed by atoms with Gasteiger partial charge in [-0.05, 0) is 48.9 Å². The van der Waals surface area contributed by atoms with Gasteiger partial charge in [0.05, 0.1) is 34.0 Å². The van der Waals surface area contributed by atoms with E-state index in [0.29, 0.717) is 23.7 Å². The molecule has 0 saturated carbocycles. The lowest BCUT2D eigenvalue weighted by Crippen LogP contribution is -3.12. The highest BCUT2D eigenvalue weighted by atomic mass is 16.5. The summed E-state index contributed by atoms with van der Waals surface area (Å²) in [5, 5.41) is 0. The smallest absolute Gasteiger partial charge is 0.185 e. The fraction of sp³-hybridized carbons (Fsp3) is 0.375. The normalized spacial score (nSPS) is 14.6. The third-order valence-electron chi connectivity index (χ3n) is 5.12. The lowest BCUT2D eigenvalue weighted by atomic mass is 10.0. The van der Waals surface area contributed by atoms with Crippen LogP contribution in [0.4, 0.5) is 0 Å². The third-order valence-corrected chi connectivity index (χ3v) is 5.12. The average Bonchev–Trinajstić information content (AvgIpc) is 2.78. The predicted octanol–water partition coefficient (Wildman–Crippen LogP) is 2.41. The number of hydrogen-bond donors (Lipinski definition) is 1. The predicted molar refractivity (Wildman–Crippen MR) is 116 cm³/mol. The molecule has 3 rings (SSSR count). The van der Waals surface area contributed by atoms with Gasteiger partial charge in [0.25, 0.3) is 0 Å². The van der Waals surface area contributed by atoms with Gasteiger partial charge in [0.1, 0.15) is 25.4 Å². The zero-order valence-corrected chi connectivity index (χ0v) is 17.9. The van der Waals surface area contributed by atoms with E-state index in [1.165, 1.54) is 4.90 Å². The maximum absolute atomic E-state index is 12.8.